The fourth-order valence-corrected chi connectivity index (χ4v) is 2.20. The van der Waals surface area contributed by atoms with Gasteiger partial charge in [-0.05, 0) is 37.4 Å². The molecule has 1 aromatic heterocycles. The Balaban J connectivity index is 2.07. The summed E-state index contributed by atoms with van der Waals surface area (Å²) in [6, 6.07) is 11.4. The molecule has 0 spiro atoms. The highest BCUT2D eigenvalue weighted by atomic mass is 32.1. The van der Waals surface area contributed by atoms with Gasteiger partial charge in [-0.1, -0.05) is 23.8 Å². The number of hydrazone groups is 1. The number of amides is 1. The maximum Gasteiger partial charge on any atom is 0.271 e. The summed E-state index contributed by atoms with van der Waals surface area (Å²) < 4.78 is 0. The second kappa shape index (κ2) is 5.60. The van der Waals surface area contributed by atoms with Crippen LogP contribution in [-0.2, 0) is 0 Å². The van der Waals surface area contributed by atoms with E-state index >= 15 is 0 Å². The lowest BCUT2D eigenvalue weighted by molar-refractivity contribution is 0.0955. The summed E-state index contributed by atoms with van der Waals surface area (Å²) >= 11 is 1.60. The molecule has 0 unspecified atom stereocenters. The molecule has 0 atom stereocenters. The number of nitrogens with zero attached hydrogens (tertiary/aromatic N) is 1. The van der Waals surface area contributed by atoms with Crippen molar-refractivity contribution < 1.29 is 4.79 Å². The Morgan fingerprint density at radius 2 is 2.11 bits per heavy atom. The zero-order chi connectivity index (χ0) is 13.0. The molecular weight excluding hydrogens is 244 g/mol. The van der Waals surface area contributed by atoms with Crippen LogP contribution in [0.25, 0.3) is 0 Å². The smallest absolute Gasteiger partial charge is 0.267 e. The first-order valence-corrected chi connectivity index (χ1v) is 6.50. The molecule has 0 aliphatic rings. The molecule has 1 heterocycles. The molecule has 0 saturated carbocycles. The molecule has 1 N–H and O–H groups in total. The van der Waals surface area contributed by atoms with Crippen LogP contribution >= 0.6 is 11.3 Å². The van der Waals surface area contributed by atoms with Crippen LogP contribution in [0.4, 0.5) is 0 Å². The normalized spacial score (nSPS) is 11.3. The molecule has 0 aliphatic carbocycles. The Labute approximate surface area is 110 Å². The first-order chi connectivity index (χ1) is 8.66. The number of benzene rings is 1. The number of hydrogen-bond donors (Lipinski definition) is 1. The van der Waals surface area contributed by atoms with Gasteiger partial charge in [-0.3, -0.25) is 4.79 Å². The zero-order valence-corrected chi connectivity index (χ0v) is 11.1. The molecule has 18 heavy (non-hydrogen) atoms. The van der Waals surface area contributed by atoms with Crippen molar-refractivity contribution in [1.82, 2.24) is 5.43 Å². The summed E-state index contributed by atoms with van der Waals surface area (Å²) in [6.45, 7) is 3.83. The van der Waals surface area contributed by atoms with Crippen molar-refractivity contribution in [2.75, 3.05) is 0 Å². The average Bonchev–Trinajstić information content (AvgIpc) is 2.89. The number of carbonyl (C=O) groups is 1. The SMILES string of the molecule is C/C(=N/NC(=O)c1cccc(C)c1)c1cccs1. The predicted molar refractivity (Wildman–Crippen MR) is 75.2 cm³/mol. The number of thiophene rings is 1. The summed E-state index contributed by atoms with van der Waals surface area (Å²) in [6.07, 6.45) is 0. The molecule has 1 amide bonds. The molecule has 3 nitrogen and oxygen atoms in total. The van der Waals surface area contributed by atoms with Crippen LogP contribution in [0.5, 0.6) is 0 Å². The van der Waals surface area contributed by atoms with Crippen LogP contribution < -0.4 is 5.43 Å². The predicted octanol–water partition coefficient (Wildman–Crippen LogP) is 3.21. The number of aryl methyl sites for hydroxylation is 1. The number of hydrogen-bond acceptors (Lipinski definition) is 3. The van der Waals surface area contributed by atoms with Gasteiger partial charge in [-0.2, -0.15) is 5.10 Å². The molecular formula is C14H14N2OS. The topological polar surface area (TPSA) is 41.5 Å². The first-order valence-electron chi connectivity index (χ1n) is 5.62. The Morgan fingerprint density at radius 3 is 2.78 bits per heavy atom. The van der Waals surface area contributed by atoms with Gasteiger partial charge in [0.1, 0.15) is 0 Å². The Hall–Kier alpha value is -1.94. The standard InChI is InChI=1S/C14H14N2OS/c1-10-5-3-6-12(9-10)14(17)16-15-11(2)13-7-4-8-18-13/h3-9H,1-2H3,(H,16,17)/b15-11-. The minimum Gasteiger partial charge on any atom is -0.267 e. The summed E-state index contributed by atoms with van der Waals surface area (Å²) in [4.78, 5) is 12.9. The van der Waals surface area contributed by atoms with Gasteiger partial charge in [0.25, 0.3) is 5.91 Å². The largest absolute Gasteiger partial charge is 0.271 e. The van der Waals surface area contributed by atoms with Crippen molar-refractivity contribution in [1.29, 1.82) is 0 Å². The van der Waals surface area contributed by atoms with E-state index in [-0.39, 0.29) is 5.91 Å². The lowest BCUT2D eigenvalue weighted by Crippen LogP contribution is -2.19. The van der Waals surface area contributed by atoms with Gasteiger partial charge >= 0.3 is 0 Å². The highest BCUT2D eigenvalue weighted by molar-refractivity contribution is 7.12. The van der Waals surface area contributed by atoms with E-state index in [0.717, 1.165) is 16.2 Å². The van der Waals surface area contributed by atoms with Gasteiger partial charge < -0.3 is 0 Å². The summed E-state index contributed by atoms with van der Waals surface area (Å²) in [5.41, 5.74) is 5.06. The molecule has 2 rings (SSSR count). The van der Waals surface area contributed by atoms with Gasteiger partial charge in [-0.15, -0.1) is 11.3 Å². The molecule has 2 aromatic rings. The fourth-order valence-electron chi connectivity index (χ4n) is 1.53. The maximum absolute atomic E-state index is 11.9. The number of rotatable bonds is 3. The first kappa shape index (κ1) is 12.5. The molecule has 0 fully saturated rings. The molecule has 0 radical (unpaired) electrons. The van der Waals surface area contributed by atoms with E-state index in [1.807, 2.05) is 49.6 Å². The minimum absolute atomic E-state index is 0.186. The molecule has 92 valence electrons. The Bertz CT molecular complexity index is 573. The molecule has 0 saturated heterocycles. The third-order valence-electron chi connectivity index (χ3n) is 2.48. The monoisotopic (exact) mass is 258 g/mol. The van der Waals surface area contributed by atoms with Crippen molar-refractivity contribution in [2.45, 2.75) is 13.8 Å². The third kappa shape index (κ3) is 3.05. The summed E-state index contributed by atoms with van der Waals surface area (Å²) in [7, 11) is 0. The van der Waals surface area contributed by atoms with Crippen molar-refractivity contribution in [2.24, 2.45) is 5.10 Å². The van der Waals surface area contributed by atoms with Gasteiger partial charge in [-0.25, -0.2) is 5.43 Å². The van der Waals surface area contributed by atoms with E-state index in [2.05, 4.69) is 10.5 Å². The molecule has 1 aromatic carbocycles. The second-order valence-corrected chi connectivity index (χ2v) is 4.93. The molecule has 0 bridgehead atoms. The Kier molecular flexibility index (Phi) is 3.89. The van der Waals surface area contributed by atoms with E-state index in [1.54, 1.807) is 17.4 Å². The van der Waals surface area contributed by atoms with Crippen LogP contribution in [-0.4, -0.2) is 11.6 Å². The van der Waals surface area contributed by atoms with E-state index < -0.39 is 0 Å². The third-order valence-corrected chi connectivity index (χ3v) is 3.46. The molecule has 0 aliphatic heterocycles. The van der Waals surface area contributed by atoms with Crippen molar-refractivity contribution in [3.05, 3.63) is 57.8 Å². The van der Waals surface area contributed by atoms with Crippen LogP contribution in [0.15, 0.2) is 46.9 Å². The van der Waals surface area contributed by atoms with Crippen molar-refractivity contribution >= 4 is 23.0 Å². The highest BCUT2D eigenvalue weighted by Crippen LogP contribution is 2.09. The quantitative estimate of drug-likeness (QED) is 0.666. The van der Waals surface area contributed by atoms with E-state index in [0.29, 0.717) is 5.56 Å². The number of carbonyl (C=O) groups excluding carboxylic acids is 1. The van der Waals surface area contributed by atoms with Crippen LogP contribution in [0.1, 0.15) is 27.7 Å². The lowest BCUT2D eigenvalue weighted by atomic mass is 10.1. The van der Waals surface area contributed by atoms with Crippen LogP contribution in [0.2, 0.25) is 0 Å². The van der Waals surface area contributed by atoms with Gasteiger partial charge in [0, 0.05) is 10.4 Å². The summed E-state index contributed by atoms with van der Waals surface area (Å²) in [5.74, 6) is -0.186. The van der Waals surface area contributed by atoms with Crippen molar-refractivity contribution in [3.63, 3.8) is 0 Å². The van der Waals surface area contributed by atoms with E-state index in [1.165, 1.54) is 0 Å². The van der Waals surface area contributed by atoms with Gasteiger partial charge in [0.15, 0.2) is 0 Å². The Morgan fingerprint density at radius 1 is 1.28 bits per heavy atom. The van der Waals surface area contributed by atoms with Gasteiger partial charge in [0.2, 0.25) is 0 Å². The van der Waals surface area contributed by atoms with Gasteiger partial charge in [0.05, 0.1) is 5.71 Å². The lowest BCUT2D eigenvalue weighted by Gasteiger charge is -2.02. The zero-order valence-electron chi connectivity index (χ0n) is 10.3. The fraction of sp³-hybridized carbons (Fsp3) is 0.143. The van der Waals surface area contributed by atoms with Crippen molar-refractivity contribution in [3.8, 4) is 0 Å². The maximum atomic E-state index is 11.9. The van der Waals surface area contributed by atoms with E-state index in [9.17, 15) is 4.79 Å². The highest BCUT2D eigenvalue weighted by Gasteiger charge is 2.04. The summed E-state index contributed by atoms with van der Waals surface area (Å²) in [5, 5.41) is 6.08. The van der Waals surface area contributed by atoms with E-state index in [4.69, 9.17) is 0 Å². The average molecular weight is 258 g/mol. The van der Waals surface area contributed by atoms with Crippen LogP contribution in [0, 0.1) is 6.92 Å². The number of nitrogens with one attached hydrogen (secondary N) is 1. The minimum atomic E-state index is -0.186. The molecule has 4 heteroatoms. The second-order valence-electron chi connectivity index (χ2n) is 3.98. The van der Waals surface area contributed by atoms with Crippen LogP contribution in [0.3, 0.4) is 0 Å².